The lowest BCUT2D eigenvalue weighted by molar-refractivity contribution is -0.0781. The van der Waals surface area contributed by atoms with Gasteiger partial charge in [-0.1, -0.05) is 18.2 Å². The van der Waals surface area contributed by atoms with E-state index in [-0.39, 0.29) is 18.0 Å². The summed E-state index contributed by atoms with van der Waals surface area (Å²) in [5.74, 6) is -0.109. The zero-order chi connectivity index (χ0) is 13.7. The van der Waals surface area contributed by atoms with Crippen LogP contribution in [0.2, 0.25) is 0 Å². The van der Waals surface area contributed by atoms with Crippen molar-refractivity contribution < 1.29 is 9.13 Å². The fourth-order valence-corrected chi connectivity index (χ4v) is 2.65. The van der Waals surface area contributed by atoms with Crippen LogP contribution in [0.15, 0.2) is 24.3 Å². The van der Waals surface area contributed by atoms with Crippen LogP contribution in [0.5, 0.6) is 0 Å². The van der Waals surface area contributed by atoms with E-state index in [1.165, 1.54) is 6.07 Å². The predicted octanol–water partition coefficient (Wildman–Crippen LogP) is 1.81. The largest absolute Gasteiger partial charge is 0.373 e. The molecular formula is C15H23FN2O. The van der Waals surface area contributed by atoms with Gasteiger partial charge in [0.15, 0.2) is 0 Å². The Morgan fingerprint density at radius 1 is 1.37 bits per heavy atom. The van der Waals surface area contributed by atoms with Crippen molar-refractivity contribution in [3.8, 4) is 0 Å². The van der Waals surface area contributed by atoms with Crippen molar-refractivity contribution >= 4 is 0 Å². The Morgan fingerprint density at radius 2 is 2.16 bits per heavy atom. The molecule has 0 saturated carbocycles. The van der Waals surface area contributed by atoms with Crippen LogP contribution in [0.3, 0.4) is 0 Å². The van der Waals surface area contributed by atoms with E-state index >= 15 is 0 Å². The van der Waals surface area contributed by atoms with Gasteiger partial charge in [-0.15, -0.1) is 0 Å². The molecule has 2 atom stereocenters. The normalized spacial score (nSPS) is 24.6. The number of morpholine rings is 1. The van der Waals surface area contributed by atoms with Crippen molar-refractivity contribution in [2.75, 3.05) is 26.2 Å². The second-order valence-corrected chi connectivity index (χ2v) is 5.25. The fraction of sp³-hybridized carbons (Fsp3) is 0.600. The summed E-state index contributed by atoms with van der Waals surface area (Å²) >= 11 is 0. The molecular weight excluding hydrogens is 243 g/mol. The molecule has 0 spiro atoms. The van der Waals surface area contributed by atoms with Crippen LogP contribution in [0.1, 0.15) is 18.9 Å². The maximum atomic E-state index is 13.6. The number of nitrogens with zero attached hydrogens (tertiary/aromatic N) is 1. The fourth-order valence-electron chi connectivity index (χ4n) is 2.65. The molecule has 2 unspecified atom stereocenters. The highest BCUT2D eigenvalue weighted by Crippen LogP contribution is 2.15. The molecule has 1 heterocycles. The van der Waals surface area contributed by atoms with E-state index < -0.39 is 0 Å². The summed E-state index contributed by atoms with van der Waals surface area (Å²) in [7, 11) is 0. The molecule has 1 aromatic rings. The molecule has 0 amide bonds. The lowest BCUT2D eigenvalue weighted by Gasteiger charge is -2.36. The Bertz CT molecular complexity index is 399. The van der Waals surface area contributed by atoms with Crippen LogP contribution >= 0.6 is 0 Å². The molecule has 3 nitrogen and oxygen atoms in total. The van der Waals surface area contributed by atoms with E-state index in [1.807, 2.05) is 12.1 Å². The number of ether oxygens (including phenoxy) is 1. The predicted molar refractivity (Wildman–Crippen MR) is 74.6 cm³/mol. The van der Waals surface area contributed by atoms with Gasteiger partial charge < -0.3 is 10.5 Å². The molecule has 2 rings (SSSR count). The third-order valence-electron chi connectivity index (χ3n) is 3.55. The summed E-state index contributed by atoms with van der Waals surface area (Å²) in [6.45, 7) is 5.42. The SMILES string of the molecule is CC1CN(CCc2ccccc2F)CC(CCN)O1. The zero-order valence-electron chi connectivity index (χ0n) is 11.5. The van der Waals surface area contributed by atoms with Crippen LogP contribution in [0.4, 0.5) is 4.39 Å². The maximum absolute atomic E-state index is 13.6. The van der Waals surface area contributed by atoms with Gasteiger partial charge in [0.25, 0.3) is 0 Å². The van der Waals surface area contributed by atoms with Gasteiger partial charge in [-0.2, -0.15) is 0 Å². The van der Waals surface area contributed by atoms with Gasteiger partial charge in [-0.25, -0.2) is 4.39 Å². The molecule has 0 radical (unpaired) electrons. The summed E-state index contributed by atoms with van der Waals surface area (Å²) in [6.07, 6.45) is 2.08. The molecule has 1 aliphatic rings. The van der Waals surface area contributed by atoms with Crippen molar-refractivity contribution in [3.05, 3.63) is 35.6 Å². The number of nitrogens with two attached hydrogens (primary N) is 1. The first-order valence-electron chi connectivity index (χ1n) is 7.00. The minimum atomic E-state index is -0.109. The van der Waals surface area contributed by atoms with Crippen molar-refractivity contribution in [2.24, 2.45) is 5.73 Å². The minimum Gasteiger partial charge on any atom is -0.373 e. The highest BCUT2D eigenvalue weighted by molar-refractivity contribution is 5.17. The lowest BCUT2D eigenvalue weighted by Crippen LogP contribution is -2.47. The molecule has 1 fully saturated rings. The Hall–Kier alpha value is -0.970. The summed E-state index contributed by atoms with van der Waals surface area (Å²) in [5, 5.41) is 0. The van der Waals surface area contributed by atoms with Crippen molar-refractivity contribution in [1.82, 2.24) is 4.90 Å². The quantitative estimate of drug-likeness (QED) is 0.883. The van der Waals surface area contributed by atoms with Crippen molar-refractivity contribution in [3.63, 3.8) is 0 Å². The van der Waals surface area contributed by atoms with Gasteiger partial charge in [-0.05, 0) is 37.9 Å². The van der Waals surface area contributed by atoms with Gasteiger partial charge in [0.05, 0.1) is 12.2 Å². The second-order valence-electron chi connectivity index (χ2n) is 5.25. The number of benzene rings is 1. The standard InChI is InChI=1S/C15H23FN2O/c1-12-10-18(11-14(19-12)6-8-17)9-7-13-4-2-3-5-15(13)16/h2-5,12,14H,6-11,17H2,1H3. The topological polar surface area (TPSA) is 38.5 Å². The summed E-state index contributed by atoms with van der Waals surface area (Å²) in [5.41, 5.74) is 6.38. The highest BCUT2D eigenvalue weighted by atomic mass is 19.1. The molecule has 19 heavy (non-hydrogen) atoms. The van der Waals surface area contributed by atoms with Crippen molar-refractivity contribution in [1.29, 1.82) is 0 Å². The number of hydrogen-bond acceptors (Lipinski definition) is 3. The van der Waals surface area contributed by atoms with Gasteiger partial charge in [-0.3, -0.25) is 4.90 Å². The van der Waals surface area contributed by atoms with E-state index in [4.69, 9.17) is 10.5 Å². The zero-order valence-corrected chi connectivity index (χ0v) is 11.5. The van der Waals surface area contributed by atoms with Gasteiger partial charge >= 0.3 is 0 Å². The lowest BCUT2D eigenvalue weighted by atomic mass is 10.1. The number of hydrogen-bond donors (Lipinski definition) is 1. The first-order chi connectivity index (χ1) is 9.19. The Balaban J connectivity index is 1.86. The smallest absolute Gasteiger partial charge is 0.126 e. The minimum absolute atomic E-state index is 0.109. The average Bonchev–Trinajstić information content (AvgIpc) is 2.37. The maximum Gasteiger partial charge on any atom is 0.126 e. The van der Waals surface area contributed by atoms with Gasteiger partial charge in [0, 0.05) is 19.6 Å². The summed E-state index contributed by atoms with van der Waals surface area (Å²) < 4.78 is 19.4. The first-order valence-corrected chi connectivity index (χ1v) is 7.00. The molecule has 0 aliphatic carbocycles. The Kier molecular flexibility index (Phi) is 5.31. The van der Waals surface area contributed by atoms with Gasteiger partial charge in [0.2, 0.25) is 0 Å². The monoisotopic (exact) mass is 266 g/mol. The summed E-state index contributed by atoms with van der Waals surface area (Å²) in [4.78, 5) is 2.35. The Labute approximate surface area is 114 Å². The second kappa shape index (κ2) is 6.98. The van der Waals surface area contributed by atoms with Crippen LogP contribution in [0.25, 0.3) is 0 Å². The molecule has 1 aliphatic heterocycles. The van der Waals surface area contributed by atoms with Crippen LogP contribution in [-0.2, 0) is 11.2 Å². The van der Waals surface area contributed by atoms with E-state index in [0.717, 1.165) is 38.0 Å². The molecule has 2 N–H and O–H groups in total. The molecule has 1 aromatic carbocycles. The van der Waals surface area contributed by atoms with E-state index in [2.05, 4.69) is 11.8 Å². The van der Waals surface area contributed by atoms with Gasteiger partial charge in [0.1, 0.15) is 5.82 Å². The van der Waals surface area contributed by atoms with Crippen molar-refractivity contribution in [2.45, 2.75) is 32.0 Å². The van der Waals surface area contributed by atoms with Crippen LogP contribution in [-0.4, -0.2) is 43.3 Å². The number of rotatable bonds is 5. The van der Waals surface area contributed by atoms with E-state index in [9.17, 15) is 4.39 Å². The molecule has 1 saturated heterocycles. The highest BCUT2D eigenvalue weighted by Gasteiger charge is 2.24. The first kappa shape index (κ1) is 14.4. The number of halogens is 1. The third-order valence-corrected chi connectivity index (χ3v) is 3.55. The third kappa shape index (κ3) is 4.27. The molecule has 4 heteroatoms. The average molecular weight is 266 g/mol. The molecule has 0 bridgehead atoms. The van der Waals surface area contributed by atoms with Crippen LogP contribution in [0, 0.1) is 5.82 Å². The van der Waals surface area contributed by atoms with Crippen LogP contribution < -0.4 is 5.73 Å². The van der Waals surface area contributed by atoms with E-state index in [0.29, 0.717) is 6.54 Å². The Morgan fingerprint density at radius 3 is 2.89 bits per heavy atom. The summed E-state index contributed by atoms with van der Waals surface area (Å²) in [6, 6.07) is 7.00. The molecule has 0 aromatic heterocycles. The van der Waals surface area contributed by atoms with E-state index in [1.54, 1.807) is 6.07 Å². The molecule has 106 valence electrons.